The van der Waals surface area contributed by atoms with Crippen LogP contribution in [0, 0.1) is 5.92 Å². The summed E-state index contributed by atoms with van der Waals surface area (Å²) >= 11 is 0. The van der Waals surface area contributed by atoms with Gasteiger partial charge in [0.1, 0.15) is 61.0 Å². The van der Waals surface area contributed by atoms with Crippen LogP contribution in [-0.2, 0) is 28.5 Å². The molecule has 18 nitrogen and oxygen atoms in total. The summed E-state index contributed by atoms with van der Waals surface area (Å²) in [5.41, 5.74) is 0. The van der Waals surface area contributed by atoms with Crippen molar-refractivity contribution in [2.75, 3.05) is 19.8 Å². The van der Waals surface area contributed by atoms with Crippen LogP contribution >= 0.6 is 0 Å². The molecule has 0 bridgehead atoms. The second-order valence-corrected chi connectivity index (χ2v) is 10.2. The van der Waals surface area contributed by atoms with Gasteiger partial charge < -0.3 is 85.0 Å². The Labute approximate surface area is 227 Å². The maximum atomic E-state index is 12.2. The molecule has 234 valence electrons. The van der Waals surface area contributed by atoms with E-state index in [1.807, 2.05) is 0 Å². The molecule has 3 heterocycles. The summed E-state index contributed by atoms with van der Waals surface area (Å²) in [6.45, 7) is -1.19. The van der Waals surface area contributed by atoms with E-state index in [-0.39, 0.29) is 0 Å². The van der Waals surface area contributed by atoms with Crippen molar-refractivity contribution < 1.29 is 89.8 Å². The molecular formula is C22H38O18. The van der Waals surface area contributed by atoms with Crippen LogP contribution in [-0.4, -0.2) is 179 Å². The maximum absolute atomic E-state index is 12.2. The van der Waals surface area contributed by atoms with Crippen molar-refractivity contribution in [3.63, 3.8) is 0 Å². The lowest BCUT2D eigenvalue weighted by molar-refractivity contribution is -0.365. The highest BCUT2D eigenvalue weighted by Gasteiger charge is 2.56. The lowest BCUT2D eigenvalue weighted by atomic mass is 9.84. The molecule has 7 unspecified atom stereocenters. The molecule has 3 saturated heterocycles. The summed E-state index contributed by atoms with van der Waals surface area (Å²) in [7, 11) is 0. The molecule has 3 aliphatic heterocycles. The molecular weight excluding hydrogens is 552 g/mol. The average molecular weight is 591 g/mol. The van der Waals surface area contributed by atoms with Crippen LogP contribution in [0.5, 0.6) is 0 Å². The zero-order valence-electron chi connectivity index (χ0n) is 21.3. The van der Waals surface area contributed by atoms with Gasteiger partial charge in [-0.25, -0.2) is 4.79 Å². The van der Waals surface area contributed by atoms with Gasteiger partial charge in [-0.2, -0.15) is 0 Å². The van der Waals surface area contributed by atoms with Gasteiger partial charge in [0.05, 0.1) is 32.0 Å². The number of rotatable bonds is 10. The van der Waals surface area contributed by atoms with Crippen LogP contribution < -0.4 is 0 Å². The molecule has 0 saturated carbocycles. The first kappa shape index (κ1) is 33.3. The number of carboxylic acids is 1. The number of carbonyl (C=O) groups is 1. The van der Waals surface area contributed by atoms with E-state index in [0.717, 1.165) is 0 Å². The van der Waals surface area contributed by atoms with Gasteiger partial charge >= 0.3 is 5.97 Å². The maximum Gasteiger partial charge on any atom is 0.364 e. The van der Waals surface area contributed by atoms with E-state index < -0.39 is 130 Å². The monoisotopic (exact) mass is 590 g/mol. The highest BCUT2D eigenvalue weighted by atomic mass is 16.8. The third kappa shape index (κ3) is 6.57. The van der Waals surface area contributed by atoms with Gasteiger partial charge in [0.25, 0.3) is 5.79 Å². The third-order valence-corrected chi connectivity index (χ3v) is 7.45. The quantitative estimate of drug-likeness (QED) is 0.112. The Kier molecular flexibility index (Phi) is 11.2. The van der Waals surface area contributed by atoms with Crippen LogP contribution in [0.1, 0.15) is 13.3 Å². The Morgan fingerprint density at radius 2 is 1.57 bits per heavy atom. The van der Waals surface area contributed by atoms with E-state index in [9.17, 15) is 61.0 Å². The molecule has 18 heteroatoms. The van der Waals surface area contributed by atoms with Crippen molar-refractivity contribution in [1.29, 1.82) is 0 Å². The number of ether oxygens (including phenoxy) is 5. The van der Waals surface area contributed by atoms with E-state index in [1.54, 1.807) is 0 Å². The van der Waals surface area contributed by atoms with Crippen LogP contribution in [0.4, 0.5) is 0 Å². The minimum Gasteiger partial charge on any atom is -0.477 e. The Morgan fingerprint density at radius 3 is 2.15 bits per heavy atom. The first-order valence-electron chi connectivity index (χ1n) is 12.5. The average Bonchev–Trinajstić information content (AvgIpc) is 2.93. The zero-order valence-corrected chi connectivity index (χ0v) is 21.3. The predicted molar refractivity (Wildman–Crippen MR) is 122 cm³/mol. The summed E-state index contributed by atoms with van der Waals surface area (Å²) in [4.78, 5) is 12.2. The normalized spacial score (nSPS) is 48.0. The van der Waals surface area contributed by atoms with Crippen molar-refractivity contribution in [2.24, 2.45) is 5.92 Å². The van der Waals surface area contributed by atoms with Crippen LogP contribution in [0.15, 0.2) is 0 Å². The zero-order chi connectivity index (χ0) is 30.1. The first-order chi connectivity index (χ1) is 18.7. The fourth-order valence-corrected chi connectivity index (χ4v) is 4.83. The van der Waals surface area contributed by atoms with Gasteiger partial charge in [-0.3, -0.25) is 0 Å². The van der Waals surface area contributed by atoms with E-state index >= 15 is 0 Å². The topological polar surface area (TPSA) is 306 Å². The smallest absolute Gasteiger partial charge is 0.364 e. The number of aliphatic hydroxyl groups excluding tert-OH is 11. The van der Waals surface area contributed by atoms with Gasteiger partial charge in [-0.1, -0.05) is 6.92 Å². The fourth-order valence-electron chi connectivity index (χ4n) is 4.83. The van der Waals surface area contributed by atoms with Crippen LogP contribution in [0.3, 0.4) is 0 Å². The summed E-state index contributed by atoms with van der Waals surface area (Å²) in [6, 6.07) is 0. The molecule has 0 radical (unpaired) electrons. The van der Waals surface area contributed by atoms with Gasteiger partial charge in [0, 0.05) is 12.3 Å². The number of aliphatic hydroxyl groups is 11. The highest BCUT2D eigenvalue weighted by molar-refractivity contribution is 5.76. The van der Waals surface area contributed by atoms with Crippen molar-refractivity contribution in [3.05, 3.63) is 0 Å². The van der Waals surface area contributed by atoms with Crippen molar-refractivity contribution >= 4 is 5.97 Å². The molecule has 3 aliphatic rings. The lowest BCUT2D eigenvalue weighted by Crippen LogP contribution is -2.65. The number of aliphatic carboxylic acids is 1. The number of hydrogen-bond donors (Lipinski definition) is 12. The van der Waals surface area contributed by atoms with E-state index in [0.29, 0.717) is 0 Å². The van der Waals surface area contributed by atoms with Gasteiger partial charge in [0.2, 0.25) is 0 Å². The highest BCUT2D eigenvalue weighted by Crippen LogP contribution is 2.37. The molecule has 3 fully saturated rings. The van der Waals surface area contributed by atoms with Crippen molar-refractivity contribution in [2.45, 2.75) is 105 Å². The summed E-state index contributed by atoms with van der Waals surface area (Å²) in [6.07, 6.45) is -25.3. The number of carboxylic acid groups (broad SMARTS) is 1. The van der Waals surface area contributed by atoms with Crippen LogP contribution in [0.25, 0.3) is 0 Å². The molecule has 40 heavy (non-hydrogen) atoms. The summed E-state index contributed by atoms with van der Waals surface area (Å²) in [5.74, 6) is -5.35. The molecule has 0 aromatic rings. The van der Waals surface area contributed by atoms with Gasteiger partial charge in [0.15, 0.2) is 12.6 Å². The Balaban J connectivity index is 1.77. The Morgan fingerprint density at radius 1 is 0.925 bits per heavy atom. The molecule has 0 amide bonds. The molecule has 0 spiro atoms. The second-order valence-electron chi connectivity index (χ2n) is 10.2. The van der Waals surface area contributed by atoms with Gasteiger partial charge in [-0.15, -0.1) is 0 Å². The third-order valence-electron chi connectivity index (χ3n) is 7.45. The largest absolute Gasteiger partial charge is 0.477 e. The lowest BCUT2D eigenvalue weighted by Gasteiger charge is -2.47. The molecule has 0 aromatic heterocycles. The van der Waals surface area contributed by atoms with E-state index in [4.69, 9.17) is 28.8 Å². The van der Waals surface area contributed by atoms with Crippen LogP contribution in [0.2, 0.25) is 0 Å². The Hall–Kier alpha value is -1.17. The minimum atomic E-state index is -2.66. The second kappa shape index (κ2) is 13.4. The molecule has 3 rings (SSSR count). The Bertz CT molecular complexity index is 832. The molecule has 0 aliphatic carbocycles. The number of hydrogen-bond acceptors (Lipinski definition) is 17. The molecule has 16 atom stereocenters. The minimum absolute atomic E-state index is 0.681. The predicted octanol–water partition coefficient (Wildman–Crippen LogP) is -7.09. The standard InChI is InChI=1S/C22H38O18/c1-6-7(25)2-22(21(34)35,40-17(6)11(27)8(26)3-23)36-5-10-12(28)13(29)16(32)20(38-10)39-18-9(4-24)37-19(33)15(31)14(18)30/h6-20,23-33H,2-5H2,1H3,(H,34,35)/t6-,7-,8-,9?,10?,11?,12+,13+,14-,15?,16?,17?,18-,19?,20+,22-/m1/s1. The first-order valence-corrected chi connectivity index (χ1v) is 12.5. The SMILES string of the molecule is C[C@H]1C(C(O)[C@H](O)CO)O[C@@](OCC2O[C@@H](O[C@@H]3C(CO)OC(O)C(O)[C@H]3O)C(O)[C@@H](O)[C@H]2O)(C(=O)O)C[C@H]1O. The van der Waals surface area contributed by atoms with Crippen molar-refractivity contribution in [1.82, 2.24) is 0 Å². The van der Waals surface area contributed by atoms with Crippen molar-refractivity contribution in [3.8, 4) is 0 Å². The molecule has 0 aromatic carbocycles. The van der Waals surface area contributed by atoms with E-state index in [1.165, 1.54) is 6.92 Å². The summed E-state index contributed by atoms with van der Waals surface area (Å²) in [5, 5.41) is 120. The molecule has 12 N–H and O–H groups in total. The van der Waals surface area contributed by atoms with Gasteiger partial charge in [-0.05, 0) is 0 Å². The summed E-state index contributed by atoms with van der Waals surface area (Å²) < 4.78 is 26.7. The van der Waals surface area contributed by atoms with E-state index in [2.05, 4.69) is 0 Å². The fraction of sp³-hybridized carbons (Fsp3) is 0.955.